The van der Waals surface area contributed by atoms with Crippen LogP contribution in [-0.2, 0) is 4.79 Å². The molecule has 4 heteroatoms. The smallest absolute Gasteiger partial charge is 0.234 e. The number of hydrogen-bond acceptors (Lipinski definition) is 3. The number of nitrogens with one attached hydrogen (secondary N) is 2. The van der Waals surface area contributed by atoms with E-state index in [0.29, 0.717) is 6.54 Å². The molecular formula is C7H16N2OS. The SMILES string of the molecule is CC(C)NC(=O)CNCCS. The maximum Gasteiger partial charge on any atom is 0.234 e. The second kappa shape index (κ2) is 6.49. The predicted octanol–water partition coefficient (Wildman–Crippen LogP) is 0.0304. The molecule has 0 saturated carbocycles. The van der Waals surface area contributed by atoms with Crippen LogP contribution in [0.1, 0.15) is 13.8 Å². The van der Waals surface area contributed by atoms with Crippen molar-refractivity contribution in [3.63, 3.8) is 0 Å². The third-order valence-corrected chi connectivity index (χ3v) is 1.25. The highest BCUT2D eigenvalue weighted by Gasteiger charge is 2.00. The van der Waals surface area contributed by atoms with Gasteiger partial charge in [-0.15, -0.1) is 0 Å². The highest BCUT2D eigenvalue weighted by Crippen LogP contribution is 1.75. The summed E-state index contributed by atoms with van der Waals surface area (Å²) in [5.41, 5.74) is 0. The summed E-state index contributed by atoms with van der Waals surface area (Å²) in [7, 11) is 0. The Kier molecular flexibility index (Phi) is 6.36. The van der Waals surface area contributed by atoms with E-state index in [1.165, 1.54) is 0 Å². The van der Waals surface area contributed by atoms with Crippen molar-refractivity contribution in [2.24, 2.45) is 0 Å². The zero-order valence-electron chi connectivity index (χ0n) is 7.05. The van der Waals surface area contributed by atoms with Gasteiger partial charge in [-0.25, -0.2) is 0 Å². The fourth-order valence-corrected chi connectivity index (χ4v) is 0.812. The van der Waals surface area contributed by atoms with Gasteiger partial charge in [0.15, 0.2) is 0 Å². The van der Waals surface area contributed by atoms with Gasteiger partial charge in [-0.05, 0) is 13.8 Å². The Balaban J connectivity index is 3.23. The molecule has 0 fully saturated rings. The van der Waals surface area contributed by atoms with E-state index in [2.05, 4.69) is 23.3 Å². The topological polar surface area (TPSA) is 41.1 Å². The third-order valence-electron chi connectivity index (χ3n) is 1.02. The Bertz CT molecular complexity index is 117. The lowest BCUT2D eigenvalue weighted by Crippen LogP contribution is -2.38. The molecular weight excluding hydrogens is 160 g/mol. The van der Waals surface area contributed by atoms with E-state index in [9.17, 15) is 4.79 Å². The number of amides is 1. The minimum atomic E-state index is 0.0433. The molecule has 2 N–H and O–H groups in total. The monoisotopic (exact) mass is 176 g/mol. The summed E-state index contributed by atoms with van der Waals surface area (Å²) in [6, 6.07) is 0.223. The largest absolute Gasteiger partial charge is 0.353 e. The molecule has 0 bridgehead atoms. The maximum absolute atomic E-state index is 10.9. The van der Waals surface area contributed by atoms with Gasteiger partial charge >= 0.3 is 0 Å². The van der Waals surface area contributed by atoms with E-state index in [-0.39, 0.29) is 11.9 Å². The van der Waals surface area contributed by atoms with Gasteiger partial charge in [0.2, 0.25) is 5.91 Å². The lowest BCUT2D eigenvalue weighted by molar-refractivity contribution is -0.120. The highest BCUT2D eigenvalue weighted by molar-refractivity contribution is 7.80. The van der Waals surface area contributed by atoms with Crippen molar-refractivity contribution in [1.82, 2.24) is 10.6 Å². The second-order valence-corrected chi connectivity index (χ2v) is 3.07. The molecule has 0 spiro atoms. The molecule has 0 aromatic carbocycles. The van der Waals surface area contributed by atoms with E-state index in [0.717, 1.165) is 12.3 Å². The number of thiol groups is 1. The van der Waals surface area contributed by atoms with Crippen molar-refractivity contribution in [1.29, 1.82) is 0 Å². The Morgan fingerprint density at radius 3 is 2.64 bits per heavy atom. The summed E-state index contributed by atoms with van der Waals surface area (Å²) >= 11 is 4.00. The quantitative estimate of drug-likeness (QED) is 0.409. The van der Waals surface area contributed by atoms with Crippen molar-refractivity contribution in [2.75, 3.05) is 18.8 Å². The zero-order valence-corrected chi connectivity index (χ0v) is 7.95. The molecule has 0 aromatic heterocycles. The van der Waals surface area contributed by atoms with Crippen LogP contribution in [0.15, 0.2) is 0 Å². The Hall–Kier alpha value is -0.220. The predicted molar refractivity (Wildman–Crippen MR) is 50.0 cm³/mol. The number of carbonyl (C=O) groups is 1. The molecule has 0 heterocycles. The van der Waals surface area contributed by atoms with Gasteiger partial charge in [0.05, 0.1) is 6.54 Å². The average molecular weight is 176 g/mol. The van der Waals surface area contributed by atoms with E-state index < -0.39 is 0 Å². The van der Waals surface area contributed by atoms with Crippen molar-refractivity contribution >= 4 is 18.5 Å². The third kappa shape index (κ3) is 7.68. The summed E-state index contributed by atoms with van der Waals surface area (Å²) in [6.07, 6.45) is 0. The number of carbonyl (C=O) groups excluding carboxylic acids is 1. The molecule has 0 saturated heterocycles. The van der Waals surface area contributed by atoms with Crippen LogP contribution in [0, 0.1) is 0 Å². The number of hydrogen-bond donors (Lipinski definition) is 3. The normalized spacial score (nSPS) is 10.2. The van der Waals surface area contributed by atoms with Gasteiger partial charge in [-0.1, -0.05) is 0 Å². The molecule has 0 aromatic rings. The van der Waals surface area contributed by atoms with Crippen molar-refractivity contribution < 1.29 is 4.79 Å². The minimum Gasteiger partial charge on any atom is -0.353 e. The minimum absolute atomic E-state index is 0.0433. The molecule has 66 valence electrons. The lowest BCUT2D eigenvalue weighted by atomic mass is 10.4. The van der Waals surface area contributed by atoms with Crippen LogP contribution in [0.4, 0.5) is 0 Å². The summed E-state index contributed by atoms with van der Waals surface area (Å²) in [5, 5.41) is 5.73. The first-order chi connectivity index (χ1) is 5.16. The molecule has 0 radical (unpaired) electrons. The molecule has 0 aliphatic rings. The molecule has 0 unspecified atom stereocenters. The van der Waals surface area contributed by atoms with Gasteiger partial charge in [-0.3, -0.25) is 4.79 Å². The van der Waals surface area contributed by atoms with Gasteiger partial charge in [0, 0.05) is 18.3 Å². The first-order valence-electron chi connectivity index (χ1n) is 3.77. The maximum atomic E-state index is 10.9. The van der Waals surface area contributed by atoms with Crippen LogP contribution in [-0.4, -0.2) is 30.8 Å². The molecule has 0 atom stereocenters. The standard InChI is InChI=1S/C7H16N2OS/c1-6(2)9-7(10)5-8-3-4-11/h6,8,11H,3-5H2,1-2H3,(H,9,10). The number of rotatable bonds is 5. The van der Waals surface area contributed by atoms with Gasteiger partial charge in [-0.2, -0.15) is 12.6 Å². The Morgan fingerprint density at radius 2 is 2.18 bits per heavy atom. The van der Waals surface area contributed by atoms with E-state index >= 15 is 0 Å². The van der Waals surface area contributed by atoms with Gasteiger partial charge in [0.25, 0.3) is 0 Å². The fraction of sp³-hybridized carbons (Fsp3) is 0.857. The van der Waals surface area contributed by atoms with E-state index in [1.807, 2.05) is 13.8 Å². The molecule has 0 aliphatic carbocycles. The summed E-state index contributed by atoms with van der Waals surface area (Å²) < 4.78 is 0. The van der Waals surface area contributed by atoms with Crippen LogP contribution in [0.25, 0.3) is 0 Å². The van der Waals surface area contributed by atoms with Crippen LogP contribution < -0.4 is 10.6 Å². The lowest BCUT2D eigenvalue weighted by Gasteiger charge is -2.07. The van der Waals surface area contributed by atoms with Crippen molar-refractivity contribution in [3.8, 4) is 0 Å². The molecule has 11 heavy (non-hydrogen) atoms. The first-order valence-corrected chi connectivity index (χ1v) is 4.41. The molecule has 0 rings (SSSR count). The Labute approximate surface area is 73.3 Å². The van der Waals surface area contributed by atoms with Gasteiger partial charge in [0.1, 0.15) is 0 Å². The van der Waals surface area contributed by atoms with Crippen molar-refractivity contribution in [2.45, 2.75) is 19.9 Å². The van der Waals surface area contributed by atoms with Crippen LogP contribution in [0.5, 0.6) is 0 Å². The van der Waals surface area contributed by atoms with Crippen molar-refractivity contribution in [3.05, 3.63) is 0 Å². The van der Waals surface area contributed by atoms with Crippen LogP contribution in [0.2, 0.25) is 0 Å². The highest BCUT2D eigenvalue weighted by atomic mass is 32.1. The van der Waals surface area contributed by atoms with Crippen LogP contribution in [0.3, 0.4) is 0 Å². The summed E-state index contributed by atoms with van der Waals surface area (Å²) in [5.74, 6) is 0.802. The Morgan fingerprint density at radius 1 is 1.55 bits per heavy atom. The van der Waals surface area contributed by atoms with E-state index in [4.69, 9.17) is 0 Å². The van der Waals surface area contributed by atoms with Crippen LogP contribution >= 0.6 is 12.6 Å². The average Bonchev–Trinajstić information content (AvgIpc) is 1.86. The summed E-state index contributed by atoms with van der Waals surface area (Å²) in [4.78, 5) is 10.9. The van der Waals surface area contributed by atoms with E-state index in [1.54, 1.807) is 0 Å². The first kappa shape index (κ1) is 10.8. The molecule has 1 amide bonds. The zero-order chi connectivity index (χ0) is 8.69. The summed E-state index contributed by atoms with van der Waals surface area (Å²) in [6.45, 7) is 5.04. The molecule has 0 aliphatic heterocycles. The fourth-order valence-electron chi connectivity index (χ4n) is 0.654. The molecule has 3 nitrogen and oxygen atoms in total. The second-order valence-electron chi connectivity index (χ2n) is 2.62. The van der Waals surface area contributed by atoms with Gasteiger partial charge < -0.3 is 10.6 Å².